The third kappa shape index (κ3) is 3.90. The molecule has 19 heavy (non-hydrogen) atoms. The van der Waals surface area contributed by atoms with Crippen molar-refractivity contribution in [3.05, 3.63) is 75.3 Å². The van der Waals surface area contributed by atoms with Gasteiger partial charge in [-0.1, -0.05) is 71.3 Å². The molecule has 0 aromatic heterocycles. The lowest BCUT2D eigenvalue weighted by atomic mass is 10.1. The van der Waals surface area contributed by atoms with Crippen LogP contribution in [-0.2, 0) is 0 Å². The number of hydrogen-bond acceptors (Lipinski definition) is 1. The first kappa shape index (κ1) is 14.3. The molecule has 0 nitrogen and oxygen atoms in total. The lowest BCUT2D eigenvalue weighted by Gasteiger charge is -2.01. The van der Waals surface area contributed by atoms with E-state index in [1.54, 1.807) is 12.1 Å². The SMILES string of the molecule is Cc1ccc(C(=S)C=Cc2cc(Cl)ccc2Cl)cc1. The third-order valence-corrected chi connectivity index (χ3v) is 3.66. The Balaban J connectivity index is 2.20. The Morgan fingerprint density at radius 1 is 1.05 bits per heavy atom. The Hall–Kier alpha value is -1.15. The van der Waals surface area contributed by atoms with Crippen LogP contribution in [-0.4, -0.2) is 4.86 Å². The number of aryl methyl sites for hydroxylation is 1. The van der Waals surface area contributed by atoms with Crippen LogP contribution in [0.15, 0.2) is 48.5 Å². The van der Waals surface area contributed by atoms with Crippen molar-refractivity contribution in [2.24, 2.45) is 0 Å². The standard InChI is InChI=1S/C16H12Cl2S/c1-11-2-4-12(5-3-11)16(19)9-6-13-10-14(17)7-8-15(13)18/h2-10H,1H3. The molecule has 0 radical (unpaired) electrons. The molecule has 0 saturated heterocycles. The molecule has 0 spiro atoms. The fourth-order valence-electron chi connectivity index (χ4n) is 1.62. The monoisotopic (exact) mass is 306 g/mol. The first-order chi connectivity index (χ1) is 9.06. The highest BCUT2D eigenvalue weighted by Crippen LogP contribution is 2.22. The largest absolute Gasteiger partial charge is 0.0843 e. The zero-order valence-corrected chi connectivity index (χ0v) is 12.7. The Morgan fingerprint density at radius 3 is 2.42 bits per heavy atom. The minimum Gasteiger partial charge on any atom is -0.0843 e. The van der Waals surface area contributed by atoms with E-state index >= 15 is 0 Å². The Kier molecular flexibility index (Phi) is 4.76. The van der Waals surface area contributed by atoms with E-state index in [0.29, 0.717) is 10.0 Å². The van der Waals surface area contributed by atoms with Crippen molar-refractivity contribution < 1.29 is 0 Å². The predicted molar refractivity (Wildman–Crippen MR) is 88.4 cm³/mol. The fraction of sp³-hybridized carbons (Fsp3) is 0.0625. The molecule has 0 fully saturated rings. The molecule has 2 rings (SSSR count). The maximum Gasteiger partial charge on any atom is 0.0479 e. The summed E-state index contributed by atoms with van der Waals surface area (Å²) in [7, 11) is 0. The number of benzene rings is 2. The van der Waals surface area contributed by atoms with Crippen LogP contribution in [0.1, 0.15) is 16.7 Å². The number of hydrogen-bond donors (Lipinski definition) is 0. The maximum absolute atomic E-state index is 6.09. The van der Waals surface area contributed by atoms with Gasteiger partial charge < -0.3 is 0 Å². The summed E-state index contributed by atoms with van der Waals surface area (Å²) in [6, 6.07) is 13.5. The van der Waals surface area contributed by atoms with Gasteiger partial charge in [0, 0.05) is 14.9 Å². The zero-order valence-electron chi connectivity index (χ0n) is 10.4. The topological polar surface area (TPSA) is 0 Å². The van der Waals surface area contributed by atoms with E-state index in [4.69, 9.17) is 35.4 Å². The summed E-state index contributed by atoms with van der Waals surface area (Å²) in [4.78, 5) is 0.774. The van der Waals surface area contributed by atoms with Gasteiger partial charge in [0.25, 0.3) is 0 Å². The molecule has 2 aromatic carbocycles. The minimum atomic E-state index is 0.658. The predicted octanol–water partition coefficient (Wildman–Crippen LogP) is 5.73. The molecule has 2 aromatic rings. The fourth-order valence-corrected chi connectivity index (χ4v) is 2.19. The highest BCUT2D eigenvalue weighted by molar-refractivity contribution is 7.81. The zero-order chi connectivity index (χ0) is 13.8. The summed E-state index contributed by atoms with van der Waals surface area (Å²) in [5, 5.41) is 1.32. The van der Waals surface area contributed by atoms with Crippen LogP contribution in [0.2, 0.25) is 10.0 Å². The molecule has 0 unspecified atom stereocenters. The molecule has 0 aliphatic carbocycles. The van der Waals surface area contributed by atoms with Crippen molar-refractivity contribution in [1.82, 2.24) is 0 Å². The highest BCUT2D eigenvalue weighted by Gasteiger charge is 2.00. The van der Waals surface area contributed by atoms with Gasteiger partial charge in [0.1, 0.15) is 0 Å². The van der Waals surface area contributed by atoms with E-state index < -0.39 is 0 Å². The van der Waals surface area contributed by atoms with Gasteiger partial charge in [0.2, 0.25) is 0 Å². The molecule has 3 heteroatoms. The molecule has 96 valence electrons. The van der Waals surface area contributed by atoms with Crippen LogP contribution in [0.5, 0.6) is 0 Å². The Bertz CT molecular complexity index is 628. The minimum absolute atomic E-state index is 0.658. The van der Waals surface area contributed by atoms with Crippen LogP contribution in [0.3, 0.4) is 0 Å². The van der Waals surface area contributed by atoms with E-state index in [1.165, 1.54) is 5.56 Å². The van der Waals surface area contributed by atoms with Gasteiger partial charge in [-0.15, -0.1) is 0 Å². The van der Waals surface area contributed by atoms with Gasteiger partial charge >= 0.3 is 0 Å². The molecule has 0 heterocycles. The molecule has 0 aliphatic rings. The van der Waals surface area contributed by atoms with Crippen molar-refractivity contribution in [2.45, 2.75) is 6.92 Å². The lowest BCUT2D eigenvalue weighted by molar-refractivity contribution is 1.47. The molecule has 0 bridgehead atoms. The van der Waals surface area contributed by atoms with E-state index in [-0.39, 0.29) is 0 Å². The van der Waals surface area contributed by atoms with Crippen molar-refractivity contribution in [1.29, 1.82) is 0 Å². The Morgan fingerprint density at radius 2 is 1.74 bits per heavy atom. The Labute approximate surface area is 128 Å². The van der Waals surface area contributed by atoms with Gasteiger partial charge in [-0.3, -0.25) is 0 Å². The second-order valence-electron chi connectivity index (χ2n) is 4.23. The van der Waals surface area contributed by atoms with Crippen molar-refractivity contribution in [2.75, 3.05) is 0 Å². The number of thiocarbonyl (C=S) groups is 1. The van der Waals surface area contributed by atoms with Gasteiger partial charge in [-0.2, -0.15) is 0 Å². The average molecular weight is 307 g/mol. The second kappa shape index (κ2) is 6.33. The summed E-state index contributed by atoms with van der Waals surface area (Å²) in [6.45, 7) is 2.05. The normalized spacial score (nSPS) is 10.9. The lowest BCUT2D eigenvalue weighted by Crippen LogP contribution is -1.92. The molecule has 0 atom stereocenters. The summed E-state index contributed by atoms with van der Waals surface area (Å²) in [6.07, 6.45) is 3.76. The van der Waals surface area contributed by atoms with Crippen LogP contribution < -0.4 is 0 Å². The summed E-state index contributed by atoms with van der Waals surface area (Å²) in [5.74, 6) is 0. The average Bonchev–Trinajstić information content (AvgIpc) is 2.40. The van der Waals surface area contributed by atoms with Crippen molar-refractivity contribution >= 4 is 46.4 Å². The first-order valence-corrected chi connectivity index (χ1v) is 6.97. The highest BCUT2D eigenvalue weighted by atomic mass is 35.5. The van der Waals surface area contributed by atoms with Crippen LogP contribution >= 0.6 is 35.4 Å². The van der Waals surface area contributed by atoms with Gasteiger partial charge in [0.05, 0.1) is 0 Å². The second-order valence-corrected chi connectivity index (χ2v) is 5.51. The molecular formula is C16H12Cl2S. The first-order valence-electron chi connectivity index (χ1n) is 5.80. The number of rotatable bonds is 3. The summed E-state index contributed by atoms with van der Waals surface area (Å²) >= 11 is 17.4. The van der Waals surface area contributed by atoms with Gasteiger partial charge in [-0.05, 0) is 42.3 Å². The van der Waals surface area contributed by atoms with Crippen molar-refractivity contribution in [3.8, 4) is 0 Å². The van der Waals surface area contributed by atoms with E-state index in [9.17, 15) is 0 Å². The quantitative estimate of drug-likeness (QED) is 0.396. The molecule has 0 aliphatic heterocycles. The molecule has 0 amide bonds. The molecule has 0 saturated carbocycles. The number of halogens is 2. The van der Waals surface area contributed by atoms with E-state index in [1.807, 2.05) is 42.5 Å². The molecule has 0 N–H and O–H groups in total. The smallest absolute Gasteiger partial charge is 0.0479 e. The van der Waals surface area contributed by atoms with Crippen LogP contribution in [0.4, 0.5) is 0 Å². The maximum atomic E-state index is 6.09. The van der Waals surface area contributed by atoms with Gasteiger partial charge in [0.15, 0.2) is 0 Å². The molecular weight excluding hydrogens is 295 g/mol. The van der Waals surface area contributed by atoms with E-state index in [2.05, 4.69) is 6.92 Å². The summed E-state index contributed by atoms with van der Waals surface area (Å²) < 4.78 is 0. The van der Waals surface area contributed by atoms with Gasteiger partial charge in [-0.25, -0.2) is 0 Å². The summed E-state index contributed by atoms with van der Waals surface area (Å²) in [5.41, 5.74) is 3.10. The number of allylic oxidation sites excluding steroid dienone is 1. The third-order valence-electron chi connectivity index (χ3n) is 2.71. The van der Waals surface area contributed by atoms with E-state index in [0.717, 1.165) is 16.0 Å². The van der Waals surface area contributed by atoms with Crippen LogP contribution in [0, 0.1) is 6.92 Å². The van der Waals surface area contributed by atoms with Crippen molar-refractivity contribution in [3.63, 3.8) is 0 Å². The van der Waals surface area contributed by atoms with Crippen LogP contribution in [0.25, 0.3) is 6.08 Å².